The van der Waals surface area contributed by atoms with E-state index in [9.17, 15) is 0 Å². The van der Waals surface area contributed by atoms with Gasteiger partial charge in [0.05, 0.1) is 12.2 Å². The van der Waals surface area contributed by atoms with Crippen LogP contribution in [0, 0.1) is 0 Å². The van der Waals surface area contributed by atoms with Crippen LogP contribution >= 0.6 is 0 Å². The third-order valence-electron chi connectivity index (χ3n) is 1.01. The molecule has 3 atom stereocenters. The number of nitrogens with two attached hydrogens (primary N) is 1. The van der Waals surface area contributed by atoms with Crippen LogP contribution in [0.3, 0.4) is 0 Å². The second-order valence-corrected chi connectivity index (χ2v) is 1.66. The Hall–Kier alpha value is -0.120. The van der Waals surface area contributed by atoms with Gasteiger partial charge in [-0.25, -0.2) is 0 Å². The minimum absolute atomic E-state index is 0.424. The summed E-state index contributed by atoms with van der Waals surface area (Å²) in [5.41, 5.74) is 4.97. The summed E-state index contributed by atoms with van der Waals surface area (Å²) in [5.74, 6) is 0. The molecule has 0 aromatic rings. The summed E-state index contributed by atoms with van der Waals surface area (Å²) in [7, 11) is 0. The molecule has 8 heavy (non-hydrogen) atoms. The average Bonchev–Trinajstić information content (AvgIpc) is 1.84. The molecule has 0 saturated carbocycles. The van der Waals surface area contributed by atoms with E-state index in [1.165, 1.54) is 0 Å². The Bertz CT molecular complexity index is 79.4. The number of rotatable bonds is 3. The van der Waals surface area contributed by atoms with Gasteiger partial charge >= 0.3 is 0 Å². The number of aliphatic hydroxyl groups is 2. The molecule has 0 fully saturated rings. The number of hydrogen-bond acceptors (Lipinski definition) is 3. The quantitative estimate of drug-likeness (QED) is 0.451. The van der Waals surface area contributed by atoms with Crippen molar-refractivity contribution in [1.29, 1.82) is 0 Å². The van der Waals surface area contributed by atoms with Crippen molar-refractivity contribution < 1.29 is 11.6 Å². The predicted octanol–water partition coefficient (Wildman–Crippen LogP) is -0.923. The monoisotopic (exact) mass is 120 g/mol. The Labute approximate surface area is 50.5 Å². The summed E-state index contributed by atoms with van der Waals surface area (Å²) >= 11 is 0. The second-order valence-electron chi connectivity index (χ2n) is 1.66. The Morgan fingerprint density at radius 1 is 1.62 bits per heavy atom. The zero-order chi connectivity index (χ0) is 7.44. The lowest BCUT2D eigenvalue weighted by molar-refractivity contribution is 0.0234. The van der Waals surface area contributed by atoms with E-state index in [0.29, 0.717) is 6.42 Å². The first-order valence-corrected chi connectivity index (χ1v) is 2.63. The maximum Gasteiger partial charge on any atom is 0.0920 e. The summed E-state index contributed by atoms with van der Waals surface area (Å²) in [6.07, 6.45) is -1.55. The van der Waals surface area contributed by atoms with Crippen molar-refractivity contribution in [2.24, 2.45) is 5.73 Å². The Kier molecular flexibility index (Phi) is 2.88. The van der Waals surface area contributed by atoms with Crippen molar-refractivity contribution in [1.82, 2.24) is 0 Å². The molecular weight excluding hydrogens is 106 g/mol. The molecule has 0 bridgehead atoms. The van der Waals surface area contributed by atoms with Crippen LogP contribution in [0.4, 0.5) is 0 Å². The fourth-order valence-corrected chi connectivity index (χ4v) is 0.370. The van der Waals surface area contributed by atoms with E-state index in [-0.39, 0.29) is 0 Å². The average molecular weight is 120 g/mol. The van der Waals surface area contributed by atoms with Crippen LogP contribution in [0.15, 0.2) is 0 Å². The van der Waals surface area contributed by atoms with Crippen LogP contribution < -0.4 is 5.73 Å². The molecule has 1 unspecified atom stereocenters. The van der Waals surface area contributed by atoms with Gasteiger partial charge in [-0.05, 0) is 6.42 Å². The molecule has 0 aromatic carbocycles. The van der Waals surface area contributed by atoms with E-state index in [0.717, 1.165) is 0 Å². The zero-order valence-electron chi connectivity index (χ0n) is 5.91. The molecule has 3 heteroatoms. The highest BCUT2D eigenvalue weighted by Gasteiger charge is 2.10. The van der Waals surface area contributed by atoms with Crippen molar-refractivity contribution in [3.8, 4) is 0 Å². The Balaban J connectivity index is 3.58. The molecule has 0 radical (unpaired) electrons. The van der Waals surface area contributed by atoms with Crippen LogP contribution in [0.25, 0.3) is 0 Å². The van der Waals surface area contributed by atoms with Crippen LogP contribution in [-0.4, -0.2) is 28.9 Å². The van der Waals surface area contributed by atoms with E-state index >= 15 is 0 Å². The summed E-state index contributed by atoms with van der Waals surface area (Å²) in [6.45, 7) is 0.621. The lowest BCUT2D eigenvalue weighted by Crippen LogP contribution is -2.32. The van der Waals surface area contributed by atoms with Gasteiger partial charge in [-0.1, -0.05) is 6.92 Å². The molecule has 0 aliphatic heterocycles. The van der Waals surface area contributed by atoms with E-state index in [4.69, 9.17) is 17.3 Å². The smallest absolute Gasteiger partial charge is 0.0920 e. The molecule has 0 spiro atoms. The van der Waals surface area contributed by atoms with Crippen LogP contribution in [0.2, 0.25) is 0 Å². The highest BCUT2D eigenvalue weighted by Crippen LogP contribution is 1.94. The summed E-state index contributed by atoms with van der Waals surface area (Å²) < 4.78 is 6.79. The maximum absolute atomic E-state index is 8.85. The molecule has 4 N–H and O–H groups in total. The molecule has 0 saturated heterocycles. The van der Waals surface area contributed by atoms with Crippen molar-refractivity contribution in [3.05, 3.63) is 0 Å². The molecule has 0 aromatic heterocycles. The molecule has 0 heterocycles. The van der Waals surface area contributed by atoms with Crippen LogP contribution in [0.1, 0.15) is 14.7 Å². The Morgan fingerprint density at radius 2 is 2.12 bits per heavy atom. The SMILES string of the molecule is [2H]C(N)[C@H](O)[C@H](O)CC. The maximum atomic E-state index is 8.85. The standard InChI is InChI=1S/C5H13NO2/c1-2-4(7)5(8)3-6/h4-5,7-8H,2-3,6H2,1H3/t4-,5+/m1/s1/i3D/t3?,4-,5+. The highest BCUT2D eigenvalue weighted by molar-refractivity contribution is 4.64. The van der Waals surface area contributed by atoms with Crippen molar-refractivity contribution in [2.45, 2.75) is 25.6 Å². The number of aliphatic hydroxyl groups excluding tert-OH is 2. The van der Waals surface area contributed by atoms with Crippen LogP contribution in [-0.2, 0) is 0 Å². The summed E-state index contributed by atoms with van der Waals surface area (Å²) in [4.78, 5) is 0. The van der Waals surface area contributed by atoms with E-state index in [1.807, 2.05) is 0 Å². The van der Waals surface area contributed by atoms with Gasteiger partial charge in [0.15, 0.2) is 0 Å². The van der Waals surface area contributed by atoms with Gasteiger partial charge < -0.3 is 15.9 Å². The third-order valence-corrected chi connectivity index (χ3v) is 1.01. The summed E-state index contributed by atoms with van der Waals surface area (Å²) in [5, 5.41) is 17.7. The van der Waals surface area contributed by atoms with Crippen LogP contribution in [0.5, 0.6) is 0 Å². The lowest BCUT2D eigenvalue weighted by atomic mass is 10.1. The van der Waals surface area contributed by atoms with Gasteiger partial charge in [0, 0.05) is 7.89 Å². The fourth-order valence-electron chi connectivity index (χ4n) is 0.370. The van der Waals surface area contributed by atoms with Crippen molar-refractivity contribution in [3.63, 3.8) is 0 Å². The molecule has 0 rings (SSSR count). The van der Waals surface area contributed by atoms with E-state index in [1.54, 1.807) is 6.92 Å². The summed E-state index contributed by atoms with van der Waals surface area (Å²) in [6, 6.07) is 0. The third kappa shape index (κ3) is 2.26. The van der Waals surface area contributed by atoms with Gasteiger partial charge in [-0.2, -0.15) is 0 Å². The first-order valence-electron chi connectivity index (χ1n) is 3.21. The zero-order valence-corrected chi connectivity index (χ0v) is 4.91. The number of hydrogen-bond donors (Lipinski definition) is 3. The van der Waals surface area contributed by atoms with E-state index in [2.05, 4.69) is 0 Å². The topological polar surface area (TPSA) is 66.5 Å². The molecule has 0 amide bonds. The minimum atomic E-state index is -1.12. The first-order chi connectivity index (χ1) is 4.09. The predicted molar refractivity (Wildman–Crippen MR) is 31.4 cm³/mol. The first kappa shape index (κ1) is 6.01. The molecular formula is C5H13NO2. The minimum Gasteiger partial charge on any atom is -0.390 e. The fraction of sp³-hybridized carbons (Fsp3) is 1.00. The van der Waals surface area contributed by atoms with Gasteiger partial charge in [-0.3, -0.25) is 0 Å². The molecule has 0 aliphatic carbocycles. The normalized spacial score (nSPS) is 23.8. The molecule has 0 aliphatic rings. The lowest BCUT2D eigenvalue weighted by Gasteiger charge is -2.12. The Morgan fingerprint density at radius 3 is 2.25 bits per heavy atom. The van der Waals surface area contributed by atoms with E-state index < -0.39 is 18.7 Å². The van der Waals surface area contributed by atoms with Crippen molar-refractivity contribution in [2.75, 3.05) is 6.52 Å². The van der Waals surface area contributed by atoms with Crippen molar-refractivity contribution >= 4 is 0 Å². The largest absolute Gasteiger partial charge is 0.390 e. The highest BCUT2D eigenvalue weighted by atomic mass is 16.3. The molecule has 3 nitrogen and oxygen atoms in total. The van der Waals surface area contributed by atoms with Gasteiger partial charge in [-0.15, -0.1) is 0 Å². The second kappa shape index (κ2) is 3.83. The van der Waals surface area contributed by atoms with Gasteiger partial charge in [0.1, 0.15) is 0 Å². The molecule has 50 valence electrons. The van der Waals surface area contributed by atoms with Gasteiger partial charge in [0.25, 0.3) is 0 Å². The van der Waals surface area contributed by atoms with Gasteiger partial charge in [0.2, 0.25) is 0 Å².